The van der Waals surface area contributed by atoms with Gasteiger partial charge in [-0.1, -0.05) is 17.7 Å². The topological polar surface area (TPSA) is 52.7 Å². The van der Waals surface area contributed by atoms with E-state index in [1.54, 1.807) is 12.1 Å². The third kappa shape index (κ3) is 4.53. The Morgan fingerprint density at radius 1 is 1.16 bits per heavy atom. The van der Waals surface area contributed by atoms with Gasteiger partial charge in [0.15, 0.2) is 0 Å². The number of carbonyl (C=O) groups is 2. The van der Waals surface area contributed by atoms with Crippen molar-refractivity contribution in [2.45, 2.75) is 38.6 Å². The summed E-state index contributed by atoms with van der Waals surface area (Å²) in [6, 6.07) is 6.95. The lowest BCUT2D eigenvalue weighted by Gasteiger charge is -2.36. The zero-order chi connectivity index (χ0) is 17.8. The van der Waals surface area contributed by atoms with Crippen molar-refractivity contribution in [1.82, 2.24) is 9.80 Å². The SMILES string of the molecule is CC(C(=O)Nc1cccc(Cl)c1)N1CCC(C(=O)N2CCCC2)CC1. The van der Waals surface area contributed by atoms with Crippen LogP contribution in [0.1, 0.15) is 32.6 Å². The van der Waals surface area contributed by atoms with E-state index >= 15 is 0 Å². The number of nitrogens with one attached hydrogen (secondary N) is 1. The van der Waals surface area contributed by atoms with Crippen molar-refractivity contribution in [3.8, 4) is 0 Å². The van der Waals surface area contributed by atoms with Crippen LogP contribution in [0.5, 0.6) is 0 Å². The standard InChI is InChI=1S/C19H26ClN3O2/c1-14(18(24)21-17-6-4-5-16(20)13-17)22-11-7-15(8-12-22)19(25)23-9-2-3-10-23/h4-6,13-15H,2-3,7-12H2,1H3,(H,21,24). The average Bonchev–Trinajstić information content (AvgIpc) is 3.15. The molecule has 2 fully saturated rings. The number of anilines is 1. The van der Waals surface area contributed by atoms with Gasteiger partial charge in [0, 0.05) is 29.7 Å². The first-order chi connectivity index (χ1) is 12.0. The monoisotopic (exact) mass is 363 g/mol. The lowest BCUT2D eigenvalue weighted by molar-refractivity contribution is -0.136. The Morgan fingerprint density at radius 2 is 1.84 bits per heavy atom. The highest BCUT2D eigenvalue weighted by Gasteiger charge is 2.32. The number of carbonyl (C=O) groups excluding carboxylic acids is 2. The predicted molar refractivity (Wildman–Crippen MR) is 99.7 cm³/mol. The van der Waals surface area contributed by atoms with Gasteiger partial charge in [0.25, 0.3) is 0 Å². The van der Waals surface area contributed by atoms with Gasteiger partial charge in [-0.15, -0.1) is 0 Å². The van der Waals surface area contributed by atoms with Gasteiger partial charge in [-0.05, 0) is 63.9 Å². The van der Waals surface area contributed by atoms with E-state index in [0.717, 1.165) is 51.9 Å². The van der Waals surface area contributed by atoms with E-state index in [2.05, 4.69) is 10.2 Å². The van der Waals surface area contributed by atoms with Crippen molar-refractivity contribution in [2.24, 2.45) is 5.92 Å². The number of likely N-dealkylation sites (tertiary alicyclic amines) is 2. The van der Waals surface area contributed by atoms with Crippen LogP contribution in [-0.4, -0.2) is 53.8 Å². The molecule has 1 unspecified atom stereocenters. The lowest BCUT2D eigenvalue weighted by Crippen LogP contribution is -2.48. The van der Waals surface area contributed by atoms with Crippen LogP contribution in [0.2, 0.25) is 5.02 Å². The molecule has 0 radical (unpaired) electrons. The van der Waals surface area contributed by atoms with E-state index in [4.69, 9.17) is 11.6 Å². The fourth-order valence-electron chi connectivity index (χ4n) is 3.71. The Labute approximate surface area is 154 Å². The summed E-state index contributed by atoms with van der Waals surface area (Å²) in [6.45, 7) is 5.32. The van der Waals surface area contributed by atoms with E-state index in [1.807, 2.05) is 24.0 Å². The second-order valence-electron chi connectivity index (χ2n) is 7.02. The van der Waals surface area contributed by atoms with E-state index in [1.165, 1.54) is 0 Å². The Hall–Kier alpha value is -1.59. The Morgan fingerprint density at radius 3 is 2.48 bits per heavy atom. The smallest absolute Gasteiger partial charge is 0.241 e. The van der Waals surface area contributed by atoms with E-state index < -0.39 is 0 Å². The van der Waals surface area contributed by atoms with Crippen LogP contribution in [0.4, 0.5) is 5.69 Å². The van der Waals surface area contributed by atoms with Crippen molar-refractivity contribution in [3.05, 3.63) is 29.3 Å². The molecule has 0 spiro atoms. The minimum absolute atomic E-state index is 0.0356. The number of hydrogen-bond donors (Lipinski definition) is 1. The molecule has 5 nitrogen and oxygen atoms in total. The van der Waals surface area contributed by atoms with Crippen LogP contribution in [0.15, 0.2) is 24.3 Å². The molecule has 1 aromatic carbocycles. The zero-order valence-corrected chi connectivity index (χ0v) is 15.5. The first-order valence-corrected chi connectivity index (χ1v) is 9.51. The molecule has 0 bridgehead atoms. The van der Waals surface area contributed by atoms with Gasteiger partial charge < -0.3 is 10.2 Å². The Kier molecular flexibility index (Phi) is 5.97. The molecule has 0 aliphatic carbocycles. The number of halogens is 1. The largest absolute Gasteiger partial charge is 0.342 e. The Bertz CT molecular complexity index is 623. The Balaban J connectivity index is 1.49. The summed E-state index contributed by atoms with van der Waals surface area (Å²) in [5.41, 5.74) is 0.712. The molecule has 25 heavy (non-hydrogen) atoms. The molecule has 2 saturated heterocycles. The number of rotatable bonds is 4. The van der Waals surface area contributed by atoms with Gasteiger partial charge in [-0.3, -0.25) is 14.5 Å². The molecule has 0 aromatic heterocycles. The summed E-state index contributed by atoms with van der Waals surface area (Å²) in [5.74, 6) is 0.400. The minimum atomic E-state index is -0.221. The quantitative estimate of drug-likeness (QED) is 0.894. The molecule has 3 rings (SSSR count). The van der Waals surface area contributed by atoms with E-state index in [0.29, 0.717) is 16.6 Å². The number of amides is 2. The second-order valence-corrected chi connectivity index (χ2v) is 7.45. The molecule has 1 atom stereocenters. The van der Waals surface area contributed by atoms with E-state index in [-0.39, 0.29) is 17.9 Å². The number of benzene rings is 1. The average molecular weight is 364 g/mol. The van der Waals surface area contributed by atoms with Crippen LogP contribution in [0.25, 0.3) is 0 Å². The van der Waals surface area contributed by atoms with Crippen LogP contribution in [0.3, 0.4) is 0 Å². The number of nitrogens with zero attached hydrogens (tertiary/aromatic N) is 2. The van der Waals surface area contributed by atoms with Crippen LogP contribution in [0, 0.1) is 5.92 Å². The van der Waals surface area contributed by atoms with Gasteiger partial charge in [-0.2, -0.15) is 0 Å². The molecular formula is C19H26ClN3O2. The van der Waals surface area contributed by atoms with Gasteiger partial charge in [0.2, 0.25) is 11.8 Å². The molecule has 0 saturated carbocycles. The second kappa shape index (κ2) is 8.19. The highest BCUT2D eigenvalue weighted by molar-refractivity contribution is 6.30. The fraction of sp³-hybridized carbons (Fsp3) is 0.579. The zero-order valence-electron chi connectivity index (χ0n) is 14.7. The van der Waals surface area contributed by atoms with Crippen molar-refractivity contribution in [1.29, 1.82) is 0 Å². The maximum Gasteiger partial charge on any atom is 0.241 e. The summed E-state index contributed by atoms with van der Waals surface area (Å²) in [5, 5.41) is 3.52. The highest BCUT2D eigenvalue weighted by Crippen LogP contribution is 2.24. The van der Waals surface area contributed by atoms with Crippen LogP contribution >= 0.6 is 11.6 Å². The fourth-order valence-corrected chi connectivity index (χ4v) is 3.90. The third-order valence-electron chi connectivity index (χ3n) is 5.32. The molecule has 1 aromatic rings. The first-order valence-electron chi connectivity index (χ1n) is 9.14. The number of hydrogen-bond acceptors (Lipinski definition) is 3. The molecule has 2 aliphatic rings. The molecule has 2 amide bonds. The van der Waals surface area contributed by atoms with E-state index in [9.17, 15) is 9.59 Å². The minimum Gasteiger partial charge on any atom is -0.342 e. The molecular weight excluding hydrogens is 338 g/mol. The van der Waals surface area contributed by atoms with Crippen molar-refractivity contribution in [2.75, 3.05) is 31.5 Å². The molecule has 2 heterocycles. The van der Waals surface area contributed by atoms with Gasteiger partial charge in [0.1, 0.15) is 0 Å². The maximum atomic E-state index is 12.5. The molecule has 136 valence electrons. The molecule has 2 aliphatic heterocycles. The first kappa shape index (κ1) is 18.2. The summed E-state index contributed by atoms with van der Waals surface area (Å²) in [4.78, 5) is 29.1. The third-order valence-corrected chi connectivity index (χ3v) is 5.55. The van der Waals surface area contributed by atoms with Crippen molar-refractivity contribution < 1.29 is 9.59 Å². The summed E-state index contributed by atoms with van der Waals surface area (Å²) >= 11 is 5.96. The van der Waals surface area contributed by atoms with Crippen molar-refractivity contribution in [3.63, 3.8) is 0 Å². The molecule has 6 heteroatoms. The van der Waals surface area contributed by atoms with Gasteiger partial charge >= 0.3 is 0 Å². The number of piperidine rings is 1. The van der Waals surface area contributed by atoms with Crippen LogP contribution in [-0.2, 0) is 9.59 Å². The normalized spacial score (nSPS) is 20.5. The van der Waals surface area contributed by atoms with Crippen LogP contribution < -0.4 is 5.32 Å². The summed E-state index contributed by atoms with van der Waals surface area (Å²) in [7, 11) is 0. The summed E-state index contributed by atoms with van der Waals surface area (Å²) in [6.07, 6.45) is 3.94. The molecule has 1 N–H and O–H groups in total. The maximum absolute atomic E-state index is 12.5. The highest BCUT2D eigenvalue weighted by atomic mass is 35.5. The van der Waals surface area contributed by atoms with Gasteiger partial charge in [0.05, 0.1) is 6.04 Å². The predicted octanol–water partition coefficient (Wildman–Crippen LogP) is 3.00. The van der Waals surface area contributed by atoms with Crippen molar-refractivity contribution >= 4 is 29.1 Å². The lowest BCUT2D eigenvalue weighted by atomic mass is 9.94. The summed E-state index contributed by atoms with van der Waals surface area (Å²) < 4.78 is 0. The van der Waals surface area contributed by atoms with Gasteiger partial charge in [-0.25, -0.2) is 0 Å².